The van der Waals surface area contributed by atoms with E-state index in [4.69, 9.17) is 9.47 Å². The van der Waals surface area contributed by atoms with Gasteiger partial charge in [0.2, 0.25) is 21.8 Å². The molecule has 0 aliphatic rings. The maximum Gasteiger partial charge on any atom is 0.244 e. The number of nitrogens with zero attached hydrogens (tertiary/aromatic N) is 2. The van der Waals surface area contributed by atoms with E-state index in [1.165, 1.54) is 4.90 Å². The molecule has 2 atom stereocenters. The van der Waals surface area contributed by atoms with E-state index in [-0.39, 0.29) is 24.9 Å². The van der Waals surface area contributed by atoms with Crippen molar-refractivity contribution in [2.24, 2.45) is 0 Å². The van der Waals surface area contributed by atoms with Gasteiger partial charge in [0.05, 0.1) is 19.1 Å². The molecule has 4 aromatic carbocycles. The van der Waals surface area contributed by atoms with E-state index < -0.39 is 28.5 Å². The maximum atomic E-state index is 14.3. The number of anilines is 1. The Morgan fingerprint density at radius 1 is 0.804 bits per heavy atom. The van der Waals surface area contributed by atoms with Gasteiger partial charge in [-0.05, 0) is 73.0 Å². The third kappa shape index (κ3) is 9.58. The molecule has 0 saturated heterocycles. The number of ether oxygens (including phenoxy) is 2. The van der Waals surface area contributed by atoms with Crippen molar-refractivity contribution < 1.29 is 27.5 Å². The lowest BCUT2D eigenvalue weighted by Crippen LogP contribution is -2.54. The van der Waals surface area contributed by atoms with Gasteiger partial charge in [-0.2, -0.15) is 0 Å². The Kier molecular flexibility index (Phi) is 11.8. The smallest absolute Gasteiger partial charge is 0.244 e. The molecule has 4 aromatic rings. The van der Waals surface area contributed by atoms with Crippen LogP contribution in [-0.4, -0.2) is 57.1 Å². The highest BCUT2D eigenvalue weighted by Crippen LogP contribution is 2.26. The number of sulfonamides is 1. The van der Waals surface area contributed by atoms with Crippen molar-refractivity contribution in [3.63, 3.8) is 0 Å². The Morgan fingerprint density at radius 2 is 1.39 bits per heavy atom. The van der Waals surface area contributed by atoms with Crippen LogP contribution in [0.2, 0.25) is 0 Å². The molecule has 0 aliphatic carbocycles. The summed E-state index contributed by atoms with van der Waals surface area (Å²) in [5.74, 6) is 0.905. The fraction of sp³-hybridized carbons (Fsp3) is 0.278. The summed E-state index contributed by atoms with van der Waals surface area (Å²) < 4.78 is 38.5. The predicted molar refractivity (Wildman–Crippen MR) is 181 cm³/mol. The summed E-state index contributed by atoms with van der Waals surface area (Å²) in [4.78, 5) is 29.6. The van der Waals surface area contributed by atoms with E-state index in [2.05, 4.69) is 5.32 Å². The molecule has 9 nitrogen and oxygen atoms in total. The van der Waals surface area contributed by atoms with Gasteiger partial charge in [0.1, 0.15) is 29.8 Å². The van der Waals surface area contributed by atoms with Crippen molar-refractivity contribution in [3.05, 3.63) is 120 Å². The van der Waals surface area contributed by atoms with Gasteiger partial charge in [-0.3, -0.25) is 13.9 Å². The molecular weight excluding hydrogens is 602 g/mol. The van der Waals surface area contributed by atoms with Gasteiger partial charge in [0.15, 0.2) is 0 Å². The molecule has 0 aliphatic heterocycles. The number of carbonyl (C=O) groups is 2. The average Bonchev–Trinajstić information content (AvgIpc) is 3.06. The van der Waals surface area contributed by atoms with Crippen LogP contribution in [0.4, 0.5) is 5.69 Å². The minimum atomic E-state index is -3.91. The molecule has 0 aromatic heterocycles. The molecule has 0 radical (unpaired) electrons. The van der Waals surface area contributed by atoms with Crippen molar-refractivity contribution in [1.82, 2.24) is 10.2 Å². The molecule has 0 fully saturated rings. The Bertz CT molecular complexity index is 1680. The van der Waals surface area contributed by atoms with E-state index in [0.717, 1.165) is 21.7 Å². The largest absolute Gasteiger partial charge is 0.497 e. The molecule has 0 saturated carbocycles. The van der Waals surface area contributed by atoms with Crippen molar-refractivity contribution in [3.8, 4) is 17.2 Å². The number of carbonyl (C=O) groups excluding carboxylic acids is 2. The minimum Gasteiger partial charge on any atom is -0.497 e. The fourth-order valence-electron chi connectivity index (χ4n) is 4.88. The third-order valence-electron chi connectivity index (χ3n) is 7.54. The first kappa shape index (κ1) is 34.1. The van der Waals surface area contributed by atoms with Crippen LogP contribution in [0, 0.1) is 0 Å². The lowest BCUT2D eigenvalue weighted by atomic mass is 10.0. The van der Waals surface area contributed by atoms with Crippen molar-refractivity contribution in [1.29, 1.82) is 0 Å². The van der Waals surface area contributed by atoms with Gasteiger partial charge in [-0.1, -0.05) is 67.6 Å². The molecule has 0 unspecified atom stereocenters. The first-order chi connectivity index (χ1) is 22.1. The summed E-state index contributed by atoms with van der Waals surface area (Å²) in [7, 11) is -2.35. The molecular formula is C36H41N3O6S. The van der Waals surface area contributed by atoms with Crippen LogP contribution >= 0.6 is 0 Å². The summed E-state index contributed by atoms with van der Waals surface area (Å²) in [5, 5.41) is 3.03. The second kappa shape index (κ2) is 15.9. The molecule has 2 amide bonds. The Morgan fingerprint density at radius 3 is 2.00 bits per heavy atom. The van der Waals surface area contributed by atoms with E-state index in [9.17, 15) is 18.0 Å². The van der Waals surface area contributed by atoms with E-state index in [0.29, 0.717) is 29.4 Å². The highest BCUT2D eigenvalue weighted by Gasteiger charge is 2.33. The van der Waals surface area contributed by atoms with Gasteiger partial charge < -0.3 is 19.7 Å². The van der Waals surface area contributed by atoms with Crippen LogP contribution < -0.4 is 19.1 Å². The Hall–Kier alpha value is -4.83. The van der Waals surface area contributed by atoms with Crippen LogP contribution in [0.5, 0.6) is 17.2 Å². The zero-order valence-electron chi connectivity index (χ0n) is 26.6. The van der Waals surface area contributed by atoms with Crippen molar-refractivity contribution in [2.75, 3.05) is 24.2 Å². The fourth-order valence-corrected chi connectivity index (χ4v) is 5.73. The van der Waals surface area contributed by atoms with Crippen LogP contribution in [0.15, 0.2) is 109 Å². The highest BCUT2D eigenvalue weighted by molar-refractivity contribution is 7.92. The first-order valence-corrected chi connectivity index (χ1v) is 17.0. The minimum absolute atomic E-state index is 0.0584. The SMILES string of the molecule is CC[C@@H](C)NC(=O)[C@@H](Cc1ccccc1)N(Cc1cccc(OC)c1)C(=O)CN(c1ccc(Oc2ccccc2)cc1)S(C)(=O)=O. The summed E-state index contributed by atoms with van der Waals surface area (Å²) in [6.07, 6.45) is 2.00. The monoisotopic (exact) mass is 643 g/mol. The summed E-state index contributed by atoms with van der Waals surface area (Å²) in [6.45, 7) is 3.42. The van der Waals surface area contributed by atoms with Gasteiger partial charge in [-0.15, -0.1) is 0 Å². The van der Waals surface area contributed by atoms with Crippen molar-refractivity contribution in [2.45, 2.75) is 45.3 Å². The van der Waals surface area contributed by atoms with Crippen LogP contribution in [0.25, 0.3) is 0 Å². The molecule has 242 valence electrons. The van der Waals surface area contributed by atoms with Gasteiger partial charge in [0.25, 0.3) is 0 Å². The van der Waals surface area contributed by atoms with Gasteiger partial charge in [-0.25, -0.2) is 8.42 Å². The molecule has 10 heteroatoms. The average molecular weight is 644 g/mol. The topological polar surface area (TPSA) is 105 Å². The normalized spacial score (nSPS) is 12.4. The summed E-state index contributed by atoms with van der Waals surface area (Å²) in [5.41, 5.74) is 1.89. The van der Waals surface area contributed by atoms with Crippen molar-refractivity contribution >= 4 is 27.5 Å². The third-order valence-corrected chi connectivity index (χ3v) is 8.68. The zero-order valence-corrected chi connectivity index (χ0v) is 27.4. The molecule has 4 rings (SSSR count). The van der Waals surface area contributed by atoms with Gasteiger partial charge in [0, 0.05) is 19.0 Å². The number of benzene rings is 4. The van der Waals surface area contributed by atoms with E-state index in [1.807, 2.05) is 86.6 Å². The molecule has 46 heavy (non-hydrogen) atoms. The number of hydrogen-bond acceptors (Lipinski definition) is 6. The zero-order chi connectivity index (χ0) is 33.1. The van der Waals surface area contributed by atoms with Gasteiger partial charge >= 0.3 is 0 Å². The standard InChI is InChI=1S/C36H41N3O6S/c1-5-27(2)37-36(41)34(24-28-13-8-6-9-14-28)38(25-29-15-12-18-33(23-29)44-3)35(40)26-39(46(4,42)43)30-19-21-32(22-20-30)45-31-16-10-7-11-17-31/h6-23,27,34H,5,24-26H2,1-4H3,(H,37,41)/t27-,34-/m1/s1. The second-order valence-corrected chi connectivity index (χ2v) is 13.0. The number of rotatable bonds is 15. The summed E-state index contributed by atoms with van der Waals surface area (Å²) in [6, 6.07) is 31.4. The van der Waals surface area contributed by atoms with Crippen LogP contribution in [0.3, 0.4) is 0 Å². The quantitative estimate of drug-likeness (QED) is 0.175. The summed E-state index contributed by atoms with van der Waals surface area (Å²) >= 11 is 0. The molecule has 0 bridgehead atoms. The Balaban J connectivity index is 1.69. The van der Waals surface area contributed by atoms with E-state index >= 15 is 0 Å². The lowest BCUT2D eigenvalue weighted by Gasteiger charge is -2.34. The highest BCUT2D eigenvalue weighted by atomic mass is 32.2. The lowest BCUT2D eigenvalue weighted by molar-refractivity contribution is -0.140. The second-order valence-electron chi connectivity index (χ2n) is 11.1. The number of amides is 2. The maximum absolute atomic E-state index is 14.3. The number of methoxy groups -OCH3 is 1. The number of hydrogen-bond donors (Lipinski definition) is 1. The first-order valence-electron chi connectivity index (χ1n) is 15.1. The molecule has 0 heterocycles. The molecule has 0 spiro atoms. The van der Waals surface area contributed by atoms with Crippen LogP contribution in [0.1, 0.15) is 31.4 Å². The number of nitrogens with one attached hydrogen (secondary N) is 1. The molecule has 1 N–H and O–H groups in total. The number of para-hydroxylation sites is 1. The van der Waals surface area contributed by atoms with E-state index in [1.54, 1.807) is 43.5 Å². The predicted octanol–water partition coefficient (Wildman–Crippen LogP) is 5.81. The van der Waals surface area contributed by atoms with Crippen LogP contribution in [-0.2, 0) is 32.6 Å². The Labute approximate surface area is 271 Å².